The molecule has 2 N–H and O–H groups in total. The third-order valence-corrected chi connectivity index (χ3v) is 3.44. The van der Waals surface area contributed by atoms with E-state index in [0.717, 1.165) is 27.5 Å². The number of nitrogens with zero attached hydrogens (tertiary/aromatic N) is 1. The predicted molar refractivity (Wildman–Crippen MR) is 70.8 cm³/mol. The van der Waals surface area contributed by atoms with Crippen LogP contribution in [0, 0.1) is 0 Å². The minimum Gasteiger partial charge on any atom is -0.360 e. The molecule has 0 aliphatic heterocycles. The summed E-state index contributed by atoms with van der Waals surface area (Å²) in [5.41, 5.74) is 8.54. The second kappa shape index (κ2) is 5.11. The van der Waals surface area contributed by atoms with E-state index in [1.807, 2.05) is 18.2 Å². The summed E-state index contributed by atoms with van der Waals surface area (Å²) in [6.07, 6.45) is 2.24. The van der Waals surface area contributed by atoms with E-state index in [-0.39, 0.29) is 0 Å². The maximum absolute atomic E-state index is 10.8. The number of aldehydes is 1. The van der Waals surface area contributed by atoms with Gasteiger partial charge in [-0.05, 0) is 35.5 Å². The highest BCUT2D eigenvalue weighted by Crippen LogP contribution is 2.22. The first kappa shape index (κ1) is 11.8. The summed E-state index contributed by atoms with van der Waals surface area (Å²) in [7, 11) is 0. The summed E-state index contributed by atoms with van der Waals surface area (Å²) >= 11 is 2.24. The van der Waals surface area contributed by atoms with Crippen molar-refractivity contribution in [1.29, 1.82) is 0 Å². The highest BCUT2D eigenvalue weighted by atomic mass is 32.2. The molecular formula is C11H8N2O2S2. The van der Waals surface area contributed by atoms with Gasteiger partial charge in [-0.2, -0.15) is 0 Å². The molecule has 0 unspecified atom stereocenters. The highest BCUT2D eigenvalue weighted by Gasteiger charge is 2.03. The molecule has 1 aromatic heterocycles. The van der Waals surface area contributed by atoms with E-state index < -0.39 is 5.24 Å². The Bertz CT molecular complexity index is 604. The van der Waals surface area contributed by atoms with Gasteiger partial charge in [0.25, 0.3) is 5.24 Å². The van der Waals surface area contributed by atoms with Crippen LogP contribution in [0.4, 0.5) is 4.79 Å². The standard InChI is InChI=1S/C11H8N2O2S2/c12-11(15)17-8(5-14)3-7-1-2-9-10(4-7)16-6-13-9/h1-6H,(H2,12,15)/b8-3-. The van der Waals surface area contributed by atoms with Gasteiger partial charge in [0, 0.05) is 0 Å². The Morgan fingerprint density at radius 2 is 2.29 bits per heavy atom. The molecule has 4 nitrogen and oxygen atoms in total. The predicted octanol–water partition coefficient (Wildman–Crippen LogP) is 2.65. The van der Waals surface area contributed by atoms with E-state index >= 15 is 0 Å². The summed E-state index contributed by atoms with van der Waals surface area (Å²) in [5.74, 6) is 0. The van der Waals surface area contributed by atoms with Crippen LogP contribution >= 0.6 is 23.1 Å². The molecule has 17 heavy (non-hydrogen) atoms. The van der Waals surface area contributed by atoms with E-state index in [9.17, 15) is 9.59 Å². The molecule has 0 bridgehead atoms. The second-order valence-electron chi connectivity index (χ2n) is 3.17. The number of thiazole rings is 1. The van der Waals surface area contributed by atoms with Gasteiger partial charge in [-0.25, -0.2) is 4.98 Å². The summed E-state index contributed by atoms with van der Waals surface area (Å²) in [5, 5.41) is -0.595. The van der Waals surface area contributed by atoms with Crippen LogP contribution in [0.5, 0.6) is 0 Å². The first-order valence-corrected chi connectivity index (χ1v) is 6.36. The van der Waals surface area contributed by atoms with Crippen molar-refractivity contribution in [2.45, 2.75) is 0 Å². The largest absolute Gasteiger partial charge is 0.360 e. The van der Waals surface area contributed by atoms with Gasteiger partial charge in [-0.3, -0.25) is 9.59 Å². The van der Waals surface area contributed by atoms with Crippen LogP contribution in [0.15, 0.2) is 28.6 Å². The fourth-order valence-corrected chi connectivity index (χ4v) is 2.53. The zero-order valence-corrected chi connectivity index (χ0v) is 10.3. The van der Waals surface area contributed by atoms with Crippen LogP contribution < -0.4 is 5.73 Å². The Labute approximate surface area is 106 Å². The second-order valence-corrected chi connectivity index (χ2v) is 5.13. The van der Waals surface area contributed by atoms with Gasteiger partial charge in [-0.1, -0.05) is 6.07 Å². The van der Waals surface area contributed by atoms with Crippen molar-refractivity contribution in [3.63, 3.8) is 0 Å². The molecule has 1 amide bonds. The van der Waals surface area contributed by atoms with Gasteiger partial charge in [0.2, 0.25) is 0 Å². The highest BCUT2D eigenvalue weighted by molar-refractivity contribution is 8.17. The number of carbonyl (C=O) groups excluding carboxylic acids is 2. The number of allylic oxidation sites excluding steroid dienone is 1. The number of aromatic nitrogens is 1. The first-order chi connectivity index (χ1) is 8.19. The van der Waals surface area contributed by atoms with Gasteiger partial charge in [0.05, 0.1) is 20.6 Å². The van der Waals surface area contributed by atoms with Gasteiger partial charge in [0.1, 0.15) is 0 Å². The smallest absolute Gasteiger partial charge is 0.281 e. The molecule has 0 fully saturated rings. The lowest BCUT2D eigenvalue weighted by Crippen LogP contribution is -2.02. The van der Waals surface area contributed by atoms with Crippen LogP contribution in [0.3, 0.4) is 0 Å². The van der Waals surface area contributed by atoms with E-state index in [4.69, 9.17) is 5.73 Å². The fraction of sp³-hybridized carbons (Fsp3) is 0. The number of hydrogen-bond acceptors (Lipinski definition) is 5. The number of thioether (sulfide) groups is 1. The molecule has 0 atom stereocenters. The van der Waals surface area contributed by atoms with Crippen LogP contribution in [-0.4, -0.2) is 16.5 Å². The van der Waals surface area contributed by atoms with Crippen LogP contribution in [-0.2, 0) is 4.79 Å². The monoisotopic (exact) mass is 264 g/mol. The number of hydrogen-bond donors (Lipinski definition) is 1. The van der Waals surface area contributed by atoms with Gasteiger partial charge in [-0.15, -0.1) is 11.3 Å². The number of benzene rings is 1. The lowest BCUT2D eigenvalue weighted by Gasteiger charge is -1.97. The minimum atomic E-state index is -0.595. The van der Waals surface area contributed by atoms with Crippen molar-refractivity contribution in [3.05, 3.63) is 34.2 Å². The maximum atomic E-state index is 10.8. The average molecular weight is 264 g/mol. The zero-order valence-electron chi connectivity index (χ0n) is 8.62. The molecule has 0 aliphatic carbocycles. The molecule has 2 rings (SSSR count). The number of carbonyl (C=O) groups is 2. The molecule has 0 aliphatic rings. The normalized spacial score (nSPS) is 11.6. The number of fused-ring (bicyclic) bond motifs is 1. The minimum absolute atomic E-state index is 0.293. The summed E-state index contributed by atoms with van der Waals surface area (Å²) in [6.45, 7) is 0. The molecule has 86 valence electrons. The van der Waals surface area contributed by atoms with Gasteiger partial charge < -0.3 is 5.73 Å². The number of primary amides is 1. The van der Waals surface area contributed by atoms with E-state index in [2.05, 4.69) is 4.98 Å². The Balaban J connectivity index is 2.34. The quantitative estimate of drug-likeness (QED) is 0.683. The Morgan fingerprint density at radius 1 is 1.47 bits per heavy atom. The van der Waals surface area contributed by atoms with Crippen molar-refractivity contribution in [3.8, 4) is 0 Å². The third-order valence-electron chi connectivity index (χ3n) is 2.00. The Kier molecular flexibility index (Phi) is 3.55. The maximum Gasteiger partial charge on any atom is 0.281 e. The van der Waals surface area contributed by atoms with E-state index in [1.54, 1.807) is 11.6 Å². The third kappa shape index (κ3) is 2.92. The molecule has 0 saturated carbocycles. The topological polar surface area (TPSA) is 73.1 Å². The lowest BCUT2D eigenvalue weighted by atomic mass is 10.2. The van der Waals surface area contributed by atoms with Crippen molar-refractivity contribution in [1.82, 2.24) is 4.98 Å². The Morgan fingerprint density at radius 3 is 3.00 bits per heavy atom. The molecule has 2 aromatic rings. The summed E-state index contributed by atoms with van der Waals surface area (Å²) in [4.78, 5) is 25.9. The molecule has 0 spiro atoms. The molecule has 0 radical (unpaired) electrons. The number of nitrogens with two attached hydrogens (primary N) is 1. The number of amides is 1. The van der Waals surface area contributed by atoms with Crippen LogP contribution in [0.25, 0.3) is 16.3 Å². The first-order valence-electron chi connectivity index (χ1n) is 4.66. The van der Waals surface area contributed by atoms with Gasteiger partial charge in [0.15, 0.2) is 6.29 Å². The molecule has 0 saturated heterocycles. The summed E-state index contributed by atoms with van der Waals surface area (Å²) in [6, 6.07) is 5.63. The van der Waals surface area contributed by atoms with Crippen molar-refractivity contribution in [2.75, 3.05) is 0 Å². The average Bonchev–Trinajstić information content (AvgIpc) is 2.74. The number of rotatable bonds is 3. The SMILES string of the molecule is NC(=O)S/C(C=O)=C\c1ccc2ncsc2c1. The van der Waals surface area contributed by atoms with Crippen LogP contribution in [0.1, 0.15) is 5.56 Å². The van der Waals surface area contributed by atoms with Gasteiger partial charge >= 0.3 is 0 Å². The van der Waals surface area contributed by atoms with Crippen molar-refractivity contribution >= 4 is 50.9 Å². The lowest BCUT2D eigenvalue weighted by molar-refractivity contribution is -0.104. The molecular weight excluding hydrogens is 256 g/mol. The van der Waals surface area contributed by atoms with Crippen molar-refractivity contribution in [2.24, 2.45) is 5.73 Å². The molecule has 6 heteroatoms. The Hall–Kier alpha value is -1.66. The molecule has 1 aromatic carbocycles. The van der Waals surface area contributed by atoms with E-state index in [0.29, 0.717) is 11.2 Å². The van der Waals surface area contributed by atoms with E-state index in [1.165, 1.54) is 11.3 Å². The molecule has 1 heterocycles. The fourth-order valence-electron chi connectivity index (χ4n) is 1.33. The van der Waals surface area contributed by atoms with Crippen molar-refractivity contribution < 1.29 is 9.59 Å². The van der Waals surface area contributed by atoms with Crippen LogP contribution in [0.2, 0.25) is 0 Å². The summed E-state index contributed by atoms with van der Waals surface area (Å²) < 4.78 is 1.04. The zero-order chi connectivity index (χ0) is 12.3.